The Hall–Kier alpha value is -1.16. The van der Waals surface area contributed by atoms with E-state index in [1.807, 2.05) is 13.0 Å². The SMILES string of the molecule is CCC(N)Cc1cc(OC)nc(C)n1. The molecule has 1 unspecified atom stereocenters. The Morgan fingerprint density at radius 3 is 2.79 bits per heavy atom. The molecule has 0 fully saturated rings. The van der Waals surface area contributed by atoms with E-state index in [0.29, 0.717) is 5.88 Å². The van der Waals surface area contributed by atoms with Gasteiger partial charge in [-0.05, 0) is 13.3 Å². The van der Waals surface area contributed by atoms with E-state index >= 15 is 0 Å². The number of nitrogens with zero attached hydrogens (tertiary/aromatic N) is 2. The van der Waals surface area contributed by atoms with Crippen molar-refractivity contribution in [3.63, 3.8) is 0 Å². The predicted molar refractivity (Wildman–Crippen MR) is 55.3 cm³/mol. The van der Waals surface area contributed by atoms with Crippen LogP contribution in [-0.2, 0) is 6.42 Å². The first-order valence-corrected chi connectivity index (χ1v) is 4.79. The monoisotopic (exact) mass is 195 g/mol. The highest BCUT2D eigenvalue weighted by Gasteiger charge is 2.05. The summed E-state index contributed by atoms with van der Waals surface area (Å²) in [6.07, 6.45) is 1.72. The Kier molecular flexibility index (Phi) is 3.83. The van der Waals surface area contributed by atoms with Gasteiger partial charge in [-0.2, -0.15) is 4.98 Å². The van der Waals surface area contributed by atoms with Crippen LogP contribution in [0.4, 0.5) is 0 Å². The van der Waals surface area contributed by atoms with Crippen molar-refractivity contribution < 1.29 is 4.74 Å². The summed E-state index contributed by atoms with van der Waals surface area (Å²) in [5.41, 5.74) is 6.79. The van der Waals surface area contributed by atoms with Gasteiger partial charge in [0.15, 0.2) is 0 Å². The molecular weight excluding hydrogens is 178 g/mol. The van der Waals surface area contributed by atoms with Crippen LogP contribution in [0.5, 0.6) is 5.88 Å². The van der Waals surface area contributed by atoms with Crippen molar-refractivity contribution in [1.82, 2.24) is 9.97 Å². The molecule has 0 aromatic carbocycles. The van der Waals surface area contributed by atoms with E-state index in [0.717, 1.165) is 24.4 Å². The second-order valence-electron chi connectivity index (χ2n) is 3.32. The van der Waals surface area contributed by atoms with Crippen LogP contribution in [0.3, 0.4) is 0 Å². The third kappa shape index (κ3) is 2.96. The minimum atomic E-state index is 0.161. The van der Waals surface area contributed by atoms with Crippen molar-refractivity contribution in [2.75, 3.05) is 7.11 Å². The number of hydrogen-bond donors (Lipinski definition) is 1. The lowest BCUT2D eigenvalue weighted by atomic mass is 10.1. The minimum Gasteiger partial charge on any atom is -0.481 e. The topological polar surface area (TPSA) is 61.0 Å². The number of ether oxygens (including phenoxy) is 1. The molecule has 4 heteroatoms. The van der Waals surface area contributed by atoms with Crippen LogP contribution >= 0.6 is 0 Å². The molecule has 0 aliphatic rings. The van der Waals surface area contributed by atoms with Gasteiger partial charge in [-0.1, -0.05) is 6.92 Å². The molecule has 0 saturated heterocycles. The van der Waals surface area contributed by atoms with Gasteiger partial charge in [0.05, 0.1) is 7.11 Å². The zero-order valence-electron chi connectivity index (χ0n) is 8.95. The number of aryl methyl sites for hydroxylation is 1. The fourth-order valence-corrected chi connectivity index (χ4v) is 1.22. The Morgan fingerprint density at radius 2 is 2.21 bits per heavy atom. The molecular formula is C10H17N3O. The standard InChI is InChI=1S/C10H17N3O/c1-4-8(11)5-9-6-10(14-3)13-7(2)12-9/h6,8H,4-5,11H2,1-3H3. The highest BCUT2D eigenvalue weighted by Crippen LogP contribution is 2.10. The van der Waals surface area contributed by atoms with E-state index in [4.69, 9.17) is 10.5 Å². The smallest absolute Gasteiger partial charge is 0.216 e. The van der Waals surface area contributed by atoms with Gasteiger partial charge >= 0.3 is 0 Å². The molecule has 0 aliphatic heterocycles. The average molecular weight is 195 g/mol. The summed E-state index contributed by atoms with van der Waals surface area (Å²) in [6.45, 7) is 3.92. The number of rotatable bonds is 4. The first-order chi connectivity index (χ1) is 6.65. The van der Waals surface area contributed by atoms with E-state index in [2.05, 4.69) is 16.9 Å². The Bertz CT molecular complexity index is 301. The third-order valence-electron chi connectivity index (χ3n) is 2.07. The molecule has 0 aliphatic carbocycles. The summed E-state index contributed by atoms with van der Waals surface area (Å²) in [6, 6.07) is 2.00. The molecule has 1 heterocycles. The molecule has 1 aromatic rings. The first-order valence-electron chi connectivity index (χ1n) is 4.79. The molecule has 0 radical (unpaired) electrons. The van der Waals surface area contributed by atoms with Crippen LogP contribution in [-0.4, -0.2) is 23.1 Å². The molecule has 1 rings (SSSR count). The second-order valence-corrected chi connectivity index (χ2v) is 3.32. The van der Waals surface area contributed by atoms with Gasteiger partial charge in [0.1, 0.15) is 5.82 Å². The van der Waals surface area contributed by atoms with Gasteiger partial charge in [-0.3, -0.25) is 0 Å². The Labute approximate surface area is 84.5 Å². The maximum Gasteiger partial charge on any atom is 0.216 e. The van der Waals surface area contributed by atoms with E-state index in [-0.39, 0.29) is 6.04 Å². The lowest BCUT2D eigenvalue weighted by molar-refractivity contribution is 0.394. The number of nitrogens with two attached hydrogens (primary N) is 1. The number of hydrogen-bond acceptors (Lipinski definition) is 4. The van der Waals surface area contributed by atoms with Crippen LogP contribution in [0.1, 0.15) is 24.9 Å². The molecule has 0 saturated carbocycles. The van der Waals surface area contributed by atoms with Crippen LogP contribution in [0.25, 0.3) is 0 Å². The largest absolute Gasteiger partial charge is 0.481 e. The molecule has 78 valence electrons. The van der Waals surface area contributed by atoms with E-state index in [1.165, 1.54) is 0 Å². The highest BCUT2D eigenvalue weighted by molar-refractivity contribution is 5.16. The molecule has 0 spiro atoms. The van der Waals surface area contributed by atoms with E-state index in [9.17, 15) is 0 Å². The van der Waals surface area contributed by atoms with E-state index < -0.39 is 0 Å². The average Bonchev–Trinajstić information content (AvgIpc) is 2.16. The molecule has 0 amide bonds. The summed E-state index contributed by atoms with van der Waals surface area (Å²) >= 11 is 0. The third-order valence-corrected chi connectivity index (χ3v) is 2.07. The number of aromatic nitrogens is 2. The molecule has 4 nitrogen and oxygen atoms in total. The van der Waals surface area contributed by atoms with Crippen LogP contribution in [0.2, 0.25) is 0 Å². The first kappa shape index (κ1) is 10.9. The van der Waals surface area contributed by atoms with Gasteiger partial charge < -0.3 is 10.5 Å². The van der Waals surface area contributed by atoms with E-state index in [1.54, 1.807) is 7.11 Å². The van der Waals surface area contributed by atoms with Crippen LogP contribution < -0.4 is 10.5 Å². The van der Waals surface area contributed by atoms with Crippen molar-refractivity contribution >= 4 is 0 Å². The molecule has 1 aromatic heterocycles. The zero-order valence-corrected chi connectivity index (χ0v) is 8.95. The van der Waals surface area contributed by atoms with Gasteiger partial charge in [0.2, 0.25) is 5.88 Å². The maximum absolute atomic E-state index is 5.85. The van der Waals surface area contributed by atoms with Crippen molar-refractivity contribution in [3.05, 3.63) is 17.6 Å². The van der Waals surface area contributed by atoms with Gasteiger partial charge in [-0.25, -0.2) is 4.98 Å². The van der Waals surface area contributed by atoms with Crippen molar-refractivity contribution in [2.45, 2.75) is 32.7 Å². The fraction of sp³-hybridized carbons (Fsp3) is 0.600. The quantitative estimate of drug-likeness (QED) is 0.780. The summed E-state index contributed by atoms with van der Waals surface area (Å²) in [7, 11) is 1.60. The van der Waals surface area contributed by atoms with Crippen LogP contribution in [0.15, 0.2) is 6.07 Å². The van der Waals surface area contributed by atoms with Gasteiger partial charge in [0, 0.05) is 24.2 Å². The summed E-state index contributed by atoms with van der Waals surface area (Å²) in [5.74, 6) is 1.33. The minimum absolute atomic E-state index is 0.161. The van der Waals surface area contributed by atoms with Crippen molar-refractivity contribution in [2.24, 2.45) is 5.73 Å². The number of methoxy groups -OCH3 is 1. The molecule has 0 bridgehead atoms. The molecule has 1 atom stereocenters. The normalized spacial score (nSPS) is 12.6. The Balaban J connectivity index is 2.81. The second kappa shape index (κ2) is 4.91. The highest BCUT2D eigenvalue weighted by atomic mass is 16.5. The molecule has 14 heavy (non-hydrogen) atoms. The van der Waals surface area contributed by atoms with Gasteiger partial charge in [0.25, 0.3) is 0 Å². The van der Waals surface area contributed by atoms with Gasteiger partial charge in [-0.15, -0.1) is 0 Å². The van der Waals surface area contributed by atoms with Crippen LogP contribution in [0, 0.1) is 6.92 Å². The maximum atomic E-state index is 5.85. The van der Waals surface area contributed by atoms with Crippen molar-refractivity contribution in [1.29, 1.82) is 0 Å². The summed E-state index contributed by atoms with van der Waals surface area (Å²) in [4.78, 5) is 8.41. The zero-order chi connectivity index (χ0) is 10.6. The predicted octanol–water partition coefficient (Wildman–Crippen LogP) is 1.07. The summed E-state index contributed by atoms with van der Waals surface area (Å²) < 4.78 is 5.06. The van der Waals surface area contributed by atoms with Crippen molar-refractivity contribution in [3.8, 4) is 5.88 Å². The lowest BCUT2D eigenvalue weighted by Crippen LogP contribution is -2.22. The Morgan fingerprint density at radius 1 is 1.50 bits per heavy atom. The lowest BCUT2D eigenvalue weighted by Gasteiger charge is -2.09. The molecule has 2 N–H and O–H groups in total. The fourth-order valence-electron chi connectivity index (χ4n) is 1.22. The summed E-state index contributed by atoms with van der Waals surface area (Å²) in [5, 5.41) is 0.